The first-order chi connectivity index (χ1) is 9.08. The fraction of sp³-hybridized carbons (Fsp3) is 0.615. The van der Waals surface area contributed by atoms with Crippen LogP contribution in [0, 0.1) is 5.92 Å². The molecule has 21 heavy (non-hydrogen) atoms. The van der Waals surface area contributed by atoms with Crippen molar-refractivity contribution >= 4 is 42.1 Å². The van der Waals surface area contributed by atoms with E-state index in [2.05, 4.69) is 10.6 Å². The summed E-state index contributed by atoms with van der Waals surface area (Å²) in [6, 6.07) is 1.99. The number of nitrogens with one attached hydrogen (secondary N) is 2. The van der Waals surface area contributed by atoms with Crippen LogP contribution in [-0.4, -0.2) is 55.7 Å². The van der Waals surface area contributed by atoms with Crippen molar-refractivity contribution in [1.82, 2.24) is 15.5 Å². The summed E-state index contributed by atoms with van der Waals surface area (Å²) in [4.78, 5) is 15.0. The first kappa shape index (κ1) is 20.6. The summed E-state index contributed by atoms with van der Waals surface area (Å²) in [5.74, 6) is 0.0761. The maximum absolute atomic E-state index is 12.2. The van der Waals surface area contributed by atoms with Gasteiger partial charge in [-0.25, -0.2) is 0 Å². The molecule has 0 spiro atoms. The minimum atomic E-state index is -0.357. The predicted octanol–water partition coefficient (Wildman–Crippen LogP) is 0.963. The Balaban J connectivity index is 0.00000200. The lowest BCUT2D eigenvalue weighted by Gasteiger charge is -2.15. The number of aliphatic hydroxyl groups excluding tert-OH is 1. The smallest absolute Gasteiger partial charge is 0.261 e. The zero-order valence-corrected chi connectivity index (χ0v) is 14.6. The van der Waals surface area contributed by atoms with E-state index in [0.29, 0.717) is 13.1 Å². The lowest BCUT2D eigenvalue weighted by molar-refractivity contribution is 0.0929. The monoisotopic (exact) mass is 355 g/mol. The van der Waals surface area contributed by atoms with Gasteiger partial charge >= 0.3 is 0 Å². The van der Waals surface area contributed by atoms with Crippen LogP contribution >= 0.6 is 36.2 Å². The number of nitrogens with zero attached hydrogens (tertiary/aromatic N) is 1. The molecule has 1 aliphatic rings. The van der Waals surface area contributed by atoms with E-state index in [1.54, 1.807) is 0 Å². The fourth-order valence-corrected chi connectivity index (χ4v) is 3.06. The van der Waals surface area contributed by atoms with E-state index in [1.165, 1.54) is 11.3 Å². The second kappa shape index (κ2) is 9.61. The fourth-order valence-electron chi connectivity index (χ4n) is 2.23. The molecule has 0 saturated carbocycles. The number of rotatable bonds is 5. The minimum Gasteiger partial charge on any atom is -0.391 e. The number of carbonyl (C=O) groups is 1. The van der Waals surface area contributed by atoms with E-state index in [0.717, 1.165) is 23.5 Å². The van der Waals surface area contributed by atoms with Crippen LogP contribution in [0.3, 0.4) is 0 Å². The summed E-state index contributed by atoms with van der Waals surface area (Å²) < 4.78 is 0. The molecule has 0 bridgehead atoms. The Kier molecular flexibility index (Phi) is 9.44. The van der Waals surface area contributed by atoms with E-state index >= 15 is 0 Å². The van der Waals surface area contributed by atoms with E-state index in [-0.39, 0.29) is 42.7 Å². The highest BCUT2D eigenvalue weighted by Gasteiger charge is 2.25. The van der Waals surface area contributed by atoms with Gasteiger partial charge in [-0.2, -0.15) is 0 Å². The van der Waals surface area contributed by atoms with Gasteiger partial charge in [0.15, 0.2) is 0 Å². The van der Waals surface area contributed by atoms with E-state index in [4.69, 9.17) is 0 Å². The van der Waals surface area contributed by atoms with Gasteiger partial charge in [0.1, 0.15) is 0 Å². The van der Waals surface area contributed by atoms with Gasteiger partial charge in [0, 0.05) is 32.1 Å². The first-order valence-electron chi connectivity index (χ1n) is 6.46. The van der Waals surface area contributed by atoms with Gasteiger partial charge in [0.25, 0.3) is 5.91 Å². The molecule has 1 aromatic rings. The van der Waals surface area contributed by atoms with Crippen LogP contribution < -0.4 is 10.6 Å². The molecular weight excluding hydrogens is 333 g/mol. The molecule has 1 fully saturated rings. The summed E-state index contributed by atoms with van der Waals surface area (Å²) >= 11 is 1.47. The summed E-state index contributed by atoms with van der Waals surface area (Å²) in [6.07, 6.45) is -0.357. The molecule has 0 aliphatic carbocycles. The second-order valence-electron chi connectivity index (χ2n) is 5.21. The topological polar surface area (TPSA) is 64.6 Å². The molecule has 5 nitrogen and oxygen atoms in total. The lowest BCUT2D eigenvalue weighted by Crippen LogP contribution is -2.34. The van der Waals surface area contributed by atoms with Gasteiger partial charge in [-0.15, -0.1) is 36.2 Å². The third-order valence-electron chi connectivity index (χ3n) is 3.27. The maximum Gasteiger partial charge on any atom is 0.261 e. The first-order valence-corrected chi connectivity index (χ1v) is 7.34. The molecule has 0 aromatic carbocycles. The van der Waals surface area contributed by atoms with Gasteiger partial charge in [0.2, 0.25) is 0 Å². The Bertz CT molecular complexity index is 443. The highest BCUT2D eigenvalue weighted by molar-refractivity contribution is 7.12. The van der Waals surface area contributed by atoms with Crippen molar-refractivity contribution in [2.45, 2.75) is 12.6 Å². The average molecular weight is 356 g/mol. The summed E-state index contributed by atoms with van der Waals surface area (Å²) in [6.45, 7) is 2.66. The number of carbonyl (C=O) groups excluding carboxylic acids is 1. The third-order valence-corrected chi connectivity index (χ3v) is 4.22. The zero-order valence-electron chi connectivity index (χ0n) is 12.2. The van der Waals surface area contributed by atoms with Gasteiger partial charge in [0.05, 0.1) is 11.0 Å². The highest BCUT2D eigenvalue weighted by Crippen LogP contribution is 2.18. The van der Waals surface area contributed by atoms with Crippen LogP contribution in [0.1, 0.15) is 15.2 Å². The van der Waals surface area contributed by atoms with Crippen LogP contribution in [-0.2, 0) is 6.54 Å². The molecule has 2 unspecified atom stereocenters. The van der Waals surface area contributed by atoms with E-state index in [1.807, 2.05) is 30.4 Å². The molecule has 2 rings (SSSR count). The molecule has 122 valence electrons. The number of thiophene rings is 1. The lowest BCUT2D eigenvalue weighted by atomic mass is 10.1. The van der Waals surface area contributed by atoms with Crippen molar-refractivity contribution in [3.8, 4) is 0 Å². The maximum atomic E-state index is 12.2. The molecule has 1 amide bonds. The van der Waals surface area contributed by atoms with Crippen LogP contribution in [0.5, 0.6) is 0 Å². The number of amides is 1. The second-order valence-corrected chi connectivity index (χ2v) is 6.12. The Hall–Kier alpha value is -0.370. The summed E-state index contributed by atoms with van der Waals surface area (Å²) in [5, 5.41) is 17.7. The van der Waals surface area contributed by atoms with Crippen molar-refractivity contribution in [2.24, 2.45) is 5.92 Å². The molecule has 2 atom stereocenters. The highest BCUT2D eigenvalue weighted by atomic mass is 35.5. The average Bonchev–Trinajstić information content (AvgIpc) is 2.95. The molecule has 1 aromatic heterocycles. The largest absolute Gasteiger partial charge is 0.391 e. The van der Waals surface area contributed by atoms with Crippen molar-refractivity contribution in [3.63, 3.8) is 0 Å². The Morgan fingerprint density at radius 3 is 2.76 bits per heavy atom. The molecule has 3 N–H and O–H groups in total. The normalized spacial score (nSPS) is 20.8. The predicted molar refractivity (Wildman–Crippen MR) is 90.9 cm³/mol. The molecule has 2 heterocycles. The molecule has 1 saturated heterocycles. The number of hydrogen-bond donors (Lipinski definition) is 3. The number of halogens is 2. The van der Waals surface area contributed by atoms with Crippen LogP contribution in [0.4, 0.5) is 0 Å². The van der Waals surface area contributed by atoms with Crippen molar-refractivity contribution < 1.29 is 9.90 Å². The van der Waals surface area contributed by atoms with Gasteiger partial charge in [-0.1, -0.05) is 0 Å². The molecule has 8 heteroatoms. The van der Waals surface area contributed by atoms with Crippen LogP contribution in [0.15, 0.2) is 11.4 Å². The number of hydrogen-bond acceptors (Lipinski definition) is 5. The van der Waals surface area contributed by atoms with Gasteiger partial charge in [-0.3, -0.25) is 4.79 Å². The Labute approximate surface area is 141 Å². The minimum absolute atomic E-state index is 0. The standard InChI is InChI=1S/C13H21N3O2S.2ClH/c1-16(2)8-9-3-4-19-12(9)13(18)15-6-10-5-14-7-11(10)17;;/h3-4,10-11,14,17H,5-8H2,1-2H3,(H,15,18);2*1H. The molecule has 1 aliphatic heterocycles. The number of aliphatic hydroxyl groups is 1. The summed E-state index contributed by atoms with van der Waals surface area (Å²) in [7, 11) is 3.97. The summed E-state index contributed by atoms with van der Waals surface area (Å²) in [5.41, 5.74) is 1.05. The Morgan fingerprint density at radius 2 is 2.19 bits per heavy atom. The van der Waals surface area contributed by atoms with Gasteiger partial charge in [-0.05, 0) is 31.1 Å². The molecule has 0 radical (unpaired) electrons. The van der Waals surface area contributed by atoms with Crippen molar-refractivity contribution in [3.05, 3.63) is 21.9 Å². The van der Waals surface area contributed by atoms with Crippen molar-refractivity contribution in [2.75, 3.05) is 33.7 Å². The van der Waals surface area contributed by atoms with E-state index in [9.17, 15) is 9.90 Å². The number of β-amino-alcohol motifs (C(OH)–C–C–N with tert-alkyl or cyclic N) is 1. The Morgan fingerprint density at radius 1 is 1.48 bits per heavy atom. The van der Waals surface area contributed by atoms with Gasteiger partial charge < -0.3 is 20.6 Å². The van der Waals surface area contributed by atoms with Crippen LogP contribution in [0.25, 0.3) is 0 Å². The SMILES string of the molecule is CN(C)Cc1ccsc1C(=O)NCC1CNCC1O.Cl.Cl. The quantitative estimate of drug-likeness (QED) is 0.736. The third kappa shape index (κ3) is 5.73. The van der Waals surface area contributed by atoms with Crippen LogP contribution in [0.2, 0.25) is 0 Å². The van der Waals surface area contributed by atoms with Crippen molar-refractivity contribution in [1.29, 1.82) is 0 Å². The zero-order chi connectivity index (χ0) is 13.8. The molecular formula is C13H23Cl2N3O2S. The van der Waals surface area contributed by atoms with E-state index < -0.39 is 0 Å².